The van der Waals surface area contributed by atoms with Gasteiger partial charge < -0.3 is 4.74 Å². The van der Waals surface area contributed by atoms with Crippen molar-refractivity contribution < 1.29 is 22.9 Å². The van der Waals surface area contributed by atoms with Crippen molar-refractivity contribution in [2.75, 3.05) is 13.1 Å². The maximum Gasteiger partial charge on any atom is 0.345 e. The number of nitrogens with zero attached hydrogens (tertiary/aromatic N) is 2. The predicted octanol–water partition coefficient (Wildman–Crippen LogP) is 4.30. The molecule has 11 heteroatoms. The highest BCUT2D eigenvalue weighted by molar-refractivity contribution is 7.89. The summed E-state index contributed by atoms with van der Waals surface area (Å²) < 4.78 is 32.4. The van der Waals surface area contributed by atoms with Crippen LogP contribution in [0.1, 0.15) is 29.6 Å². The normalized spacial score (nSPS) is 15.1. The third-order valence-electron chi connectivity index (χ3n) is 4.43. The van der Waals surface area contributed by atoms with Crippen LogP contribution in [0.5, 0.6) is 5.75 Å². The molecule has 0 bridgehead atoms. The van der Waals surface area contributed by atoms with Gasteiger partial charge in [0.15, 0.2) is 0 Å². The van der Waals surface area contributed by atoms with E-state index < -0.39 is 20.9 Å². The van der Waals surface area contributed by atoms with Crippen molar-refractivity contribution in [3.8, 4) is 5.75 Å². The van der Waals surface area contributed by atoms with Crippen LogP contribution in [-0.2, 0) is 10.0 Å². The van der Waals surface area contributed by atoms with Gasteiger partial charge in [-0.1, -0.05) is 29.6 Å². The molecule has 3 rings (SSSR count). The van der Waals surface area contributed by atoms with Crippen LogP contribution in [0.4, 0.5) is 5.69 Å². The van der Waals surface area contributed by atoms with E-state index in [1.807, 2.05) is 0 Å². The van der Waals surface area contributed by atoms with E-state index in [-0.39, 0.29) is 31.9 Å². The highest BCUT2D eigenvalue weighted by Crippen LogP contribution is 2.32. The van der Waals surface area contributed by atoms with Gasteiger partial charge in [0.05, 0.1) is 20.5 Å². The minimum absolute atomic E-state index is 0.0482. The number of benzene rings is 2. The van der Waals surface area contributed by atoms with Crippen LogP contribution >= 0.6 is 23.2 Å². The van der Waals surface area contributed by atoms with E-state index in [0.29, 0.717) is 13.1 Å². The zero-order chi connectivity index (χ0) is 21.2. The Morgan fingerprint density at radius 2 is 1.66 bits per heavy atom. The van der Waals surface area contributed by atoms with Crippen LogP contribution in [0.2, 0.25) is 10.0 Å². The highest BCUT2D eigenvalue weighted by Gasteiger charge is 2.30. The molecule has 0 atom stereocenters. The summed E-state index contributed by atoms with van der Waals surface area (Å²) in [6.07, 6.45) is 2.45. The molecule has 0 radical (unpaired) electrons. The summed E-state index contributed by atoms with van der Waals surface area (Å²) in [6.45, 7) is 0.758. The summed E-state index contributed by atoms with van der Waals surface area (Å²) in [5, 5.41) is 10.5. The van der Waals surface area contributed by atoms with Crippen molar-refractivity contribution in [2.24, 2.45) is 0 Å². The minimum Gasteiger partial charge on any atom is -0.423 e. The molecule has 2 aromatic carbocycles. The van der Waals surface area contributed by atoms with E-state index in [0.717, 1.165) is 25.3 Å². The average Bonchev–Trinajstić information content (AvgIpc) is 2.68. The summed E-state index contributed by atoms with van der Waals surface area (Å²) in [4.78, 5) is 22.4. The zero-order valence-corrected chi connectivity index (χ0v) is 17.3. The molecule has 29 heavy (non-hydrogen) atoms. The molecular formula is C18H16Cl2N2O6S. The van der Waals surface area contributed by atoms with Gasteiger partial charge in [0.25, 0.3) is 5.69 Å². The first kappa shape index (κ1) is 21.5. The smallest absolute Gasteiger partial charge is 0.345 e. The molecule has 1 heterocycles. The first-order chi connectivity index (χ1) is 13.7. The summed E-state index contributed by atoms with van der Waals surface area (Å²) in [6, 6.07) is 7.15. The molecule has 1 fully saturated rings. The topological polar surface area (TPSA) is 107 Å². The van der Waals surface area contributed by atoms with Gasteiger partial charge in [-0.3, -0.25) is 10.1 Å². The van der Waals surface area contributed by atoms with E-state index in [2.05, 4.69) is 0 Å². The number of carbonyl (C=O) groups excluding carboxylic acids is 1. The van der Waals surface area contributed by atoms with E-state index in [9.17, 15) is 23.3 Å². The van der Waals surface area contributed by atoms with Gasteiger partial charge in [-0.05, 0) is 37.1 Å². The van der Waals surface area contributed by atoms with Crippen LogP contribution in [0, 0.1) is 10.1 Å². The fraction of sp³-hybridized carbons (Fsp3) is 0.278. The molecule has 8 nitrogen and oxygen atoms in total. The Labute approximate surface area is 177 Å². The molecule has 0 aliphatic carbocycles. The Hall–Kier alpha value is -2.20. The van der Waals surface area contributed by atoms with Crippen LogP contribution in [-0.4, -0.2) is 36.7 Å². The lowest BCUT2D eigenvalue weighted by atomic mass is 10.2. The number of nitro groups is 1. The highest BCUT2D eigenvalue weighted by atomic mass is 35.5. The summed E-state index contributed by atoms with van der Waals surface area (Å²) in [7, 11) is -3.89. The second-order valence-electron chi connectivity index (χ2n) is 6.37. The Kier molecular flexibility index (Phi) is 6.42. The molecule has 1 saturated heterocycles. The van der Waals surface area contributed by atoms with Crippen molar-refractivity contribution in [1.29, 1.82) is 0 Å². The molecule has 0 N–H and O–H groups in total. The van der Waals surface area contributed by atoms with Gasteiger partial charge in [0.2, 0.25) is 10.0 Å². The second-order valence-corrected chi connectivity index (χ2v) is 9.09. The summed E-state index contributed by atoms with van der Waals surface area (Å²) in [5.41, 5.74) is -0.339. The second kappa shape index (κ2) is 8.66. The number of carbonyl (C=O) groups is 1. The van der Waals surface area contributed by atoms with Crippen LogP contribution in [0.25, 0.3) is 0 Å². The number of hydrogen-bond donors (Lipinski definition) is 0. The monoisotopic (exact) mass is 458 g/mol. The third-order valence-corrected chi connectivity index (χ3v) is 7.11. The van der Waals surface area contributed by atoms with Crippen LogP contribution in [0.3, 0.4) is 0 Å². The van der Waals surface area contributed by atoms with Gasteiger partial charge in [-0.2, -0.15) is 4.31 Å². The number of esters is 1. The Bertz CT molecular complexity index is 1050. The first-order valence-electron chi connectivity index (χ1n) is 8.66. The van der Waals surface area contributed by atoms with Crippen molar-refractivity contribution in [1.82, 2.24) is 4.31 Å². The molecule has 0 unspecified atom stereocenters. The number of halogens is 2. The Balaban J connectivity index is 1.90. The molecule has 154 valence electrons. The lowest BCUT2D eigenvalue weighted by Gasteiger charge is -2.26. The fourth-order valence-electron chi connectivity index (χ4n) is 2.93. The van der Waals surface area contributed by atoms with Crippen molar-refractivity contribution in [3.05, 3.63) is 62.1 Å². The van der Waals surface area contributed by atoms with Gasteiger partial charge >= 0.3 is 5.97 Å². The number of piperidine rings is 1. The molecule has 0 amide bonds. The molecule has 2 aromatic rings. The van der Waals surface area contributed by atoms with E-state index >= 15 is 0 Å². The van der Waals surface area contributed by atoms with Crippen LogP contribution < -0.4 is 4.74 Å². The number of non-ortho nitro benzene ring substituents is 1. The molecule has 1 aliphatic heterocycles. The molecule has 0 aromatic heterocycles. The van der Waals surface area contributed by atoms with Gasteiger partial charge in [-0.25, -0.2) is 13.2 Å². The van der Waals surface area contributed by atoms with Gasteiger partial charge in [-0.15, -0.1) is 0 Å². The molecular weight excluding hydrogens is 443 g/mol. The number of hydrogen-bond acceptors (Lipinski definition) is 6. The van der Waals surface area contributed by atoms with Gasteiger partial charge in [0.1, 0.15) is 10.6 Å². The minimum atomic E-state index is -3.89. The number of ether oxygens (including phenoxy) is 1. The van der Waals surface area contributed by atoms with Crippen molar-refractivity contribution in [2.45, 2.75) is 24.2 Å². The zero-order valence-electron chi connectivity index (χ0n) is 15.0. The average molecular weight is 459 g/mol. The van der Waals surface area contributed by atoms with E-state index in [4.69, 9.17) is 27.9 Å². The third kappa shape index (κ3) is 4.69. The standard InChI is InChI=1S/C18H16Cl2N2O6S/c19-15-11-16(20)17(29(26,27)21-8-2-1-3-9-21)10-14(15)18(23)28-13-6-4-12(5-7-13)22(24)25/h4-7,10-11H,1-3,8-9H2. The summed E-state index contributed by atoms with van der Waals surface area (Å²) >= 11 is 12.2. The SMILES string of the molecule is O=C(Oc1ccc([N+](=O)[O-])cc1)c1cc(S(=O)(=O)N2CCCCC2)c(Cl)cc1Cl. The van der Waals surface area contributed by atoms with Crippen molar-refractivity contribution in [3.63, 3.8) is 0 Å². The van der Waals surface area contributed by atoms with E-state index in [1.165, 1.54) is 34.6 Å². The first-order valence-corrected chi connectivity index (χ1v) is 10.9. The Morgan fingerprint density at radius 1 is 1.03 bits per heavy atom. The van der Waals surface area contributed by atoms with E-state index in [1.54, 1.807) is 0 Å². The predicted molar refractivity (Wildman–Crippen MR) is 107 cm³/mol. The fourth-order valence-corrected chi connectivity index (χ4v) is 5.27. The molecule has 1 aliphatic rings. The maximum atomic E-state index is 12.9. The largest absolute Gasteiger partial charge is 0.423 e. The number of sulfonamides is 1. The quantitative estimate of drug-likeness (QED) is 0.286. The van der Waals surface area contributed by atoms with Gasteiger partial charge in [0, 0.05) is 25.2 Å². The molecule has 0 spiro atoms. The number of nitro benzene ring substituents is 1. The lowest BCUT2D eigenvalue weighted by molar-refractivity contribution is -0.384. The molecule has 0 saturated carbocycles. The Morgan fingerprint density at radius 3 is 2.24 bits per heavy atom. The maximum absolute atomic E-state index is 12.9. The summed E-state index contributed by atoms with van der Waals surface area (Å²) in [5.74, 6) is -0.859. The number of rotatable bonds is 5. The van der Waals surface area contributed by atoms with Crippen LogP contribution in [0.15, 0.2) is 41.3 Å². The lowest BCUT2D eigenvalue weighted by Crippen LogP contribution is -2.35. The van der Waals surface area contributed by atoms with Crippen molar-refractivity contribution >= 4 is 44.9 Å².